The summed E-state index contributed by atoms with van der Waals surface area (Å²) in [4.78, 5) is 22.6. The van der Waals surface area contributed by atoms with Crippen LogP contribution < -0.4 is 0 Å². The Morgan fingerprint density at radius 1 is 1.27 bits per heavy atom. The van der Waals surface area contributed by atoms with E-state index in [0.29, 0.717) is 16.6 Å². The molecule has 7 heteroatoms. The van der Waals surface area contributed by atoms with E-state index in [2.05, 4.69) is 26.1 Å². The highest BCUT2D eigenvalue weighted by Gasteiger charge is 2.23. The standard InChI is InChI=1S/C19H21BrN2O4/c1-5-25-18(22-26-19(2,3)4)13-7-6-10-21-16(13)17(24)14-11-12(20)8-9-15(14)23/h6-11,23H,5H2,1-4H3/b22-18+. The second kappa shape index (κ2) is 8.31. The van der Waals surface area contributed by atoms with Crippen molar-refractivity contribution in [3.8, 4) is 5.75 Å². The fourth-order valence-electron chi connectivity index (χ4n) is 2.04. The molecule has 2 rings (SSSR count). The topological polar surface area (TPSA) is 81.0 Å². The van der Waals surface area contributed by atoms with Crippen molar-refractivity contribution in [2.45, 2.75) is 33.3 Å². The molecule has 0 aliphatic carbocycles. The lowest BCUT2D eigenvalue weighted by atomic mass is 10.0. The summed E-state index contributed by atoms with van der Waals surface area (Å²) in [6, 6.07) is 7.99. The van der Waals surface area contributed by atoms with E-state index in [-0.39, 0.29) is 22.9 Å². The van der Waals surface area contributed by atoms with Gasteiger partial charge < -0.3 is 14.7 Å². The van der Waals surface area contributed by atoms with E-state index in [4.69, 9.17) is 9.57 Å². The zero-order valence-corrected chi connectivity index (χ0v) is 16.7. The number of benzene rings is 1. The van der Waals surface area contributed by atoms with Crippen molar-refractivity contribution in [3.63, 3.8) is 0 Å². The number of hydrogen-bond donors (Lipinski definition) is 1. The minimum absolute atomic E-state index is 0.116. The fourth-order valence-corrected chi connectivity index (χ4v) is 2.41. The first-order valence-corrected chi connectivity index (χ1v) is 8.90. The SMILES string of the molecule is CCO/C(=N/OC(C)(C)C)c1cccnc1C(=O)c1cc(Br)ccc1O. The van der Waals surface area contributed by atoms with Crippen LogP contribution in [0.4, 0.5) is 0 Å². The number of carbonyl (C=O) groups is 1. The van der Waals surface area contributed by atoms with Crippen LogP contribution in [0.1, 0.15) is 49.3 Å². The Morgan fingerprint density at radius 2 is 2.00 bits per heavy atom. The predicted octanol–water partition coefficient (Wildman–Crippen LogP) is 4.29. The maximum atomic E-state index is 13.0. The van der Waals surface area contributed by atoms with E-state index in [1.165, 1.54) is 12.3 Å². The first-order chi connectivity index (χ1) is 12.2. The molecule has 0 unspecified atom stereocenters. The molecule has 0 saturated heterocycles. The largest absolute Gasteiger partial charge is 0.507 e. The van der Waals surface area contributed by atoms with Gasteiger partial charge in [0.05, 0.1) is 17.7 Å². The predicted molar refractivity (Wildman–Crippen MR) is 102 cm³/mol. The van der Waals surface area contributed by atoms with E-state index in [9.17, 15) is 9.90 Å². The second-order valence-electron chi connectivity index (χ2n) is 6.42. The van der Waals surface area contributed by atoms with E-state index >= 15 is 0 Å². The van der Waals surface area contributed by atoms with Gasteiger partial charge in [-0.15, -0.1) is 0 Å². The van der Waals surface area contributed by atoms with Crippen LogP contribution in [0.3, 0.4) is 0 Å². The van der Waals surface area contributed by atoms with Gasteiger partial charge >= 0.3 is 0 Å². The van der Waals surface area contributed by atoms with Crippen LogP contribution in [-0.2, 0) is 9.57 Å². The normalized spacial score (nSPS) is 12.0. The number of rotatable bonds is 5. The quantitative estimate of drug-likeness (QED) is 0.337. The lowest BCUT2D eigenvalue weighted by molar-refractivity contribution is -0.00332. The average molecular weight is 421 g/mol. The number of aromatic nitrogens is 1. The van der Waals surface area contributed by atoms with Gasteiger partial charge in [0, 0.05) is 10.7 Å². The monoisotopic (exact) mass is 420 g/mol. The van der Waals surface area contributed by atoms with Crippen LogP contribution in [0.25, 0.3) is 0 Å². The number of ether oxygens (including phenoxy) is 1. The highest BCUT2D eigenvalue weighted by molar-refractivity contribution is 9.10. The molecule has 0 spiro atoms. The van der Waals surface area contributed by atoms with Crippen LogP contribution in [0, 0.1) is 0 Å². The lowest BCUT2D eigenvalue weighted by Gasteiger charge is -2.17. The molecule has 0 atom stereocenters. The zero-order valence-electron chi connectivity index (χ0n) is 15.1. The van der Waals surface area contributed by atoms with E-state index in [1.807, 2.05) is 27.7 Å². The minimum atomic E-state index is -0.517. The van der Waals surface area contributed by atoms with Gasteiger partial charge in [-0.2, -0.15) is 0 Å². The molecule has 2 aromatic rings. The first-order valence-electron chi connectivity index (χ1n) is 8.10. The molecule has 0 aliphatic rings. The molecule has 1 N–H and O–H groups in total. The maximum Gasteiger partial charge on any atom is 0.259 e. The number of nitrogens with zero attached hydrogens (tertiary/aromatic N) is 2. The van der Waals surface area contributed by atoms with Gasteiger partial charge in [-0.25, -0.2) is 0 Å². The summed E-state index contributed by atoms with van der Waals surface area (Å²) >= 11 is 3.30. The van der Waals surface area contributed by atoms with E-state index in [0.717, 1.165) is 0 Å². The second-order valence-corrected chi connectivity index (χ2v) is 7.34. The summed E-state index contributed by atoms with van der Waals surface area (Å²) in [5, 5.41) is 14.1. The summed E-state index contributed by atoms with van der Waals surface area (Å²) in [7, 11) is 0. The molecular formula is C19H21BrN2O4. The number of ketones is 1. The molecule has 1 aromatic heterocycles. The number of hydrogen-bond acceptors (Lipinski definition) is 6. The number of halogens is 1. The summed E-state index contributed by atoms with van der Waals surface area (Å²) in [5.41, 5.74) is 0.123. The lowest BCUT2D eigenvalue weighted by Crippen LogP contribution is -2.20. The third kappa shape index (κ3) is 5.05. The number of oxime groups is 1. The van der Waals surface area contributed by atoms with Crippen LogP contribution in [0.15, 0.2) is 46.2 Å². The van der Waals surface area contributed by atoms with Crippen molar-refractivity contribution in [2.75, 3.05) is 6.61 Å². The molecule has 1 heterocycles. The van der Waals surface area contributed by atoms with Gasteiger partial charge in [0.2, 0.25) is 5.78 Å². The van der Waals surface area contributed by atoms with Crippen molar-refractivity contribution in [2.24, 2.45) is 5.16 Å². The molecular weight excluding hydrogens is 400 g/mol. The number of phenols is 1. The molecule has 0 radical (unpaired) electrons. The highest BCUT2D eigenvalue weighted by atomic mass is 79.9. The van der Waals surface area contributed by atoms with Crippen LogP contribution in [0.2, 0.25) is 0 Å². The van der Waals surface area contributed by atoms with Crippen molar-refractivity contribution in [1.82, 2.24) is 4.98 Å². The molecule has 138 valence electrons. The van der Waals surface area contributed by atoms with Crippen LogP contribution in [0.5, 0.6) is 5.75 Å². The third-order valence-corrected chi connectivity index (χ3v) is 3.63. The molecule has 6 nitrogen and oxygen atoms in total. The van der Waals surface area contributed by atoms with Gasteiger partial charge in [-0.3, -0.25) is 9.78 Å². The fraction of sp³-hybridized carbons (Fsp3) is 0.316. The maximum absolute atomic E-state index is 13.0. The summed E-state index contributed by atoms with van der Waals surface area (Å²) in [6.07, 6.45) is 1.50. The van der Waals surface area contributed by atoms with Gasteiger partial charge in [-0.05, 0) is 63.2 Å². The van der Waals surface area contributed by atoms with Gasteiger partial charge in [0.15, 0.2) is 0 Å². The average Bonchev–Trinajstić information content (AvgIpc) is 2.59. The molecule has 0 aliphatic heterocycles. The summed E-state index contributed by atoms with van der Waals surface area (Å²) in [6.45, 7) is 7.72. The highest BCUT2D eigenvalue weighted by Crippen LogP contribution is 2.25. The van der Waals surface area contributed by atoms with Crippen molar-refractivity contribution >= 4 is 27.6 Å². The summed E-state index contributed by atoms with van der Waals surface area (Å²) < 4.78 is 6.24. The van der Waals surface area contributed by atoms with Crippen molar-refractivity contribution in [3.05, 3.63) is 57.8 Å². The number of phenolic OH excluding ortho intramolecular Hbond substituents is 1. The molecule has 0 bridgehead atoms. The number of pyridine rings is 1. The van der Waals surface area contributed by atoms with Gasteiger partial charge in [0.25, 0.3) is 5.90 Å². The van der Waals surface area contributed by atoms with E-state index in [1.54, 1.807) is 24.3 Å². The Balaban J connectivity index is 2.51. The Bertz CT molecular complexity index is 829. The summed E-state index contributed by atoms with van der Waals surface area (Å²) in [5.74, 6) is -0.411. The number of aromatic hydroxyl groups is 1. The Kier molecular flexibility index (Phi) is 6.37. The molecule has 0 fully saturated rings. The smallest absolute Gasteiger partial charge is 0.259 e. The molecule has 0 saturated carbocycles. The molecule has 26 heavy (non-hydrogen) atoms. The van der Waals surface area contributed by atoms with Gasteiger partial charge in [0.1, 0.15) is 17.0 Å². The molecule has 1 aromatic carbocycles. The Labute approximate surface area is 161 Å². The van der Waals surface area contributed by atoms with Crippen molar-refractivity contribution < 1.29 is 19.5 Å². The van der Waals surface area contributed by atoms with Crippen molar-refractivity contribution in [1.29, 1.82) is 0 Å². The molecule has 0 amide bonds. The Hall–Kier alpha value is -2.41. The third-order valence-electron chi connectivity index (χ3n) is 3.14. The minimum Gasteiger partial charge on any atom is -0.507 e. The zero-order chi connectivity index (χ0) is 19.3. The van der Waals surface area contributed by atoms with E-state index < -0.39 is 11.4 Å². The first kappa shape index (κ1) is 19.9. The Morgan fingerprint density at radius 3 is 2.65 bits per heavy atom. The van der Waals surface area contributed by atoms with Crippen LogP contribution >= 0.6 is 15.9 Å². The number of carbonyl (C=O) groups excluding carboxylic acids is 1. The van der Waals surface area contributed by atoms with Gasteiger partial charge in [-0.1, -0.05) is 15.9 Å². The van der Waals surface area contributed by atoms with Crippen LogP contribution in [-0.4, -0.2) is 34.0 Å².